The normalized spacial score (nSPS) is 10.7. The zero-order chi connectivity index (χ0) is 20.9. The van der Waals surface area contributed by atoms with Crippen LogP contribution in [-0.4, -0.2) is 32.7 Å². The standard InChI is InChI=1S/C22H22N6O2/c1-15-7-10-17(11-8-15)24-21(29)14-30-20-12-9-16-5-3-4-6-18(16)19(20)13-23-22-25-26-27-28(22)2/h3-12H,13-14H2,1-2H3,(H,24,29)(H,23,25,27). The van der Waals surface area contributed by atoms with E-state index in [0.29, 0.717) is 18.2 Å². The Balaban J connectivity index is 1.51. The highest BCUT2D eigenvalue weighted by molar-refractivity contribution is 5.92. The smallest absolute Gasteiger partial charge is 0.262 e. The Hall–Kier alpha value is -3.94. The second-order valence-electron chi connectivity index (χ2n) is 6.95. The quantitative estimate of drug-likeness (QED) is 0.493. The van der Waals surface area contributed by atoms with Gasteiger partial charge in [0.15, 0.2) is 6.61 Å². The Morgan fingerprint density at radius 3 is 2.63 bits per heavy atom. The first-order valence-electron chi connectivity index (χ1n) is 9.56. The number of amides is 1. The van der Waals surface area contributed by atoms with E-state index in [4.69, 9.17) is 4.74 Å². The highest BCUT2D eigenvalue weighted by Gasteiger charge is 2.12. The van der Waals surface area contributed by atoms with Crippen LogP contribution in [0.25, 0.3) is 10.8 Å². The van der Waals surface area contributed by atoms with Crippen LogP contribution < -0.4 is 15.4 Å². The van der Waals surface area contributed by atoms with Crippen LogP contribution in [0.5, 0.6) is 5.75 Å². The third-order valence-corrected chi connectivity index (χ3v) is 4.74. The zero-order valence-corrected chi connectivity index (χ0v) is 16.8. The average molecular weight is 402 g/mol. The maximum Gasteiger partial charge on any atom is 0.262 e. The van der Waals surface area contributed by atoms with Gasteiger partial charge in [0.1, 0.15) is 5.75 Å². The van der Waals surface area contributed by atoms with Crippen molar-refractivity contribution in [1.29, 1.82) is 0 Å². The SMILES string of the molecule is Cc1ccc(NC(=O)COc2ccc3ccccc3c2CNc2nnnn2C)cc1. The lowest BCUT2D eigenvalue weighted by Crippen LogP contribution is -2.20. The minimum absolute atomic E-state index is 0.0925. The van der Waals surface area contributed by atoms with Gasteiger partial charge in [0.2, 0.25) is 5.95 Å². The third kappa shape index (κ3) is 4.38. The fraction of sp³-hybridized carbons (Fsp3) is 0.182. The maximum atomic E-state index is 12.4. The molecule has 0 spiro atoms. The van der Waals surface area contributed by atoms with Crippen LogP contribution in [0.1, 0.15) is 11.1 Å². The number of aromatic nitrogens is 4. The summed E-state index contributed by atoms with van der Waals surface area (Å²) in [5.41, 5.74) is 2.80. The van der Waals surface area contributed by atoms with Gasteiger partial charge in [-0.15, -0.1) is 0 Å². The van der Waals surface area contributed by atoms with Crippen molar-refractivity contribution in [3.8, 4) is 5.75 Å². The molecule has 1 amide bonds. The number of carbonyl (C=O) groups is 1. The number of hydrogen-bond donors (Lipinski definition) is 2. The highest BCUT2D eigenvalue weighted by atomic mass is 16.5. The number of benzene rings is 3. The van der Waals surface area contributed by atoms with E-state index in [0.717, 1.165) is 27.6 Å². The Kier molecular flexibility index (Phi) is 5.56. The molecule has 0 atom stereocenters. The molecule has 0 fully saturated rings. The van der Waals surface area contributed by atoms with E-state index < -0.39 is 0 Å². The molecule has 0 aliphatic carbocycles. The summed E-state index contributed by atoms with van der Waals surface area (Å²) in [6.07, 6.45) is 0. The fourth-order valence-electron chi connectivity index (χ4n) is 3.16. The van der Waals surface area contributed by atoms with E-state index in [-0.39, 0.29) is 12.5 Å². The Labute approximate surface area is 173 Å². The molecule has 8 nitrogen and oxygen atoms in total. The molecule has 1 heterocycles. The Morgan fingerprint density at radius 2 is 1.87 bits per heavy atom. The monoisotopic (exact) mass is 402 g/mol. The molecule has 0 radical (unpaired) electrons. The summed E-state index contributed by atoms with van der Waals surface area (Å²) < 4.78 is 7.45. The first-order chi connectivity index (χ1) is 14.6. The van der Waals surface area contributed by atoms with Crippen molar-refractivity contribution in [2.24, 2.45) is 7.05 Å². The van der Waals surface area contributed by atoms with Crippen molar-refractivity contribution in [3.05, 3.63) is 71.8 Å². The van der Waals surface area contributed by atoms with Crippen LogP contribution in [0.3, 0.4) is 0 Å². The minimum atomic E-state index is -0.219. The van der Waals surface area contributed by atoms with Gasteiger partial charge >= 0.3 is 0 Å². The molecule has 0 aliphatic heterocycles. The van der Waals surface area contributed by atoms with Crippen molar-refractivity contribution in [3.63, 3.8) is 0 Å². The van der Waals surface area contributed by atoms with Gasteiger partial charge in [0.25, 0.3) is 5.91 Å². The molecule has 0 unspecified atom stereocenters. The summed E-state index contributed by atoms with van der Waals surface area (Å²) in [6, 6.07) is 19.5. The summed E-state index contributed by atoms with van der Waals surface area (Å²) in [5.74, 6) is 0.963. The van der Waals surface area contributed by atoms with E-state index in [2.05, 4.69) is 26.2 Å². The van der Waals surface area contributed by atoms with E-state index in [9.17, 15) is 4.79 Å². The molecule has 3 aromatic carbocycles. The molecule has 0 bridgehead atoms. The van der Waals surface area contributed by atoms with Crippen molar-refractivity contribution in [2.45, 2.75) is 13.5 Å². The lowest BCUT2D eigenvalue weighted by molar-refractivity contribution is -0.118. The Morgan fingerprint density at radius 1 is 1.07 bits per heavy atom. The number of ether oxygens (including phenoxy) is 1. The topological polar surface area (TPSA) is 94.0 Å². The lowest BCUT2D eigenvalue weighted by Gasteiger charge is -2.15. The van der Waals surface area contributed by atoms with Crippen molar-refractivity contribution in [2.75, 3.05) is 17.2 Å². The second-order valence-corrected chi connectivity index (χ2v) is 6.95. The van der Waals surface area contributed by atoms with E-state index >= 15 is 0 Å². The molecule has 1 aromatic heterocycles. The summed E-state index contributed by atoms with van der Waals surface area (Å²) in [7, 11) is 1.76. The van der Waals surface area contributed by atoms with Crippen LogP contribution >= 0.6 is 0 Å². The number of fused-ring (bicyclic) bond motifs is 1. The molecule has 0 aliphatic rings. The van der Waals surface area contributed by atoms with E-state index in [1.165, 1.54) is 0 Å². The number of carbonyl (C=O) groups excluding carboxylic acids is 1. The molecular weight excluding hydrogens is 380 g/mol. The predicted molar refractivity (Wildman–Crippen MR) is 115 cm³/mol. The van der Waals surface area contributed by atoms with Crippen LogP contribution in [0.4, 0.5) is 11.6 Å². The molecule has 30 heavy (non-hydrogen) atoms. The molecule has 0 saturated carbocycles. The van der Waals surface area contributed by atoms with Crippen molar-refractivity contribution < 1.29 is 9.53 Å². The van der Waals surface area contributed by atoms with Gasteiger partial charge < -0.3 is 15.4 Å². The number of nitrogens with one attached hydrogen (secondary N) is 2. The summed E-state index contributed by atoms with van der Waals surface area (Å²) in [4.78, 5) is 12.4. The van der Waals surface area contributed by atoms with Crippen LogP contribution in [0.2, 0.25) is 0 Å². The number of hydrogen-bond acceptors (Lipinski definition) is 6. The molecule has 8 heteroatoms. The predicted octanol–water partition coefficient (Wildman–Crippen LogP) is 3.30. The number of anilines is 2. The first-order valence-corrected chi connectivity index (χ1v) is 9.56. The minimum Gasteiger partial charge on any atom is -0.483 e. The Bertz CT molecular complexity index is 1170. The van der Waals surface area contributed by atoms with Gasteiger partial charge in [0.05, 0.1) is 0 Å². The van der Waals surface area contributed by atoms with Crippen molar-refractivity contribution >= 4 is 28.3 Å². The second kappa shape index (κ2) is 8.60. The summed E-state index contributed by atoms with van der Waals surface area (Å²) in [6.45, 7) is 2.36. The summed E-state index contributed by atoms with van der Waals surface area (Å²) in [5, 5.41) is 19.6. The van der Waals surface area contributed by atoms with Gasteiger partial charge in [-0.1, -0.05) is 53.1 Å². The highest BCUT2D eigenvalue weighted by Crippen LogP contribution is 2.29. The molecule has 4 rings (SSSR count). The van der Waals surface area contributed by atoms with Crippen LogP contribution in [0.15, 0.2) is 60.7 Å². The fourth-order valence-corrected chi connectivity index (χ4v) is 3.16. The molecule has 2 N–H and O–H groups in total. The molecule has 4 aromatic rings. The maximum absolute atomic E-state index is 12.4. The number of tetrazole rings is 1. The van der Waals surface area contributed by atoms with Gasteiger partial charge in [-0.3, -0.25) is 4.79 Å². The molecule has 152 valence electrons. The van der Waals surface area contributed by atoms with Gasteiger partial charge in [-0.05, 0) is 46.3 Å². The zero-order valence-electron chi connectivity index (χ0n) is 16.8. The van der Waals surface area contributed by atoms with Gasteiger partial charge in [-0.25, -0.2) is 4.68 Å². The number of aryl methyl sites for hydroxylation is 2. The van der Waals surface area contributed by atoms with Gasteiger partial charge in [-0.2, -0.15) is 0 Å². The van der Waals surface area contributed by atoms with Crippen LogP contribution in [-0.2, 0) is 18.4 Å². The average Bonchev–Trinajstić information content (AvgIpc) is 3.17. The number of rotatable bonds is 7. The van der Waals surface area contributed by atoms with E-state index in [1.54, 1.807) is 11.7 Å². The first kappa shape index (κ1) is 19.4. The van der Waals surface area contributed by atoms with Crippen LogP contribution in [0, 0.1) is 6.92 Å². The third-order valence-electron chi connectivity index (χ3n) is 4.74. The van der Waals surface area contributed by atoms with Gasteiger partial charge in [0, 0.05) is 24.8 Å². The largest absolute Gasteiger partial charge is 0.483 e. The molecule has 0 saturated heterocycles. The van der Waals surface area contributed by atoms with Crippen molar-refractivity contribution in [1.82, 2.24) is 20.2 Å². The van der Waals surface area contributed by atoms with E-state index in [1.807, 2.05) is 67.6 Å². The molecular formula is C22H22N6O2. The lowest BCUT2D eigenvalue weighted by atomic mass is 10.0. The summed E-state index contributed by atoms with van der Waals surface area (Å²) >= 11 is 0. The number of nitrogens with zero attached hydrogens (tertiary/aromatic N) is 4.